The highest BCUT2D eigenvalue weighted by molar-refractivity contribution is 5.83. The summed E-state index contributed by atoms with van der Waals surface area (Å²) < 4.78 is 0. The minimum Gasteiger partial charge on any atom is -0.481 e. The number of amides is 1. The van der Waals surface area contributed by atoms with Crippen molar-refractivity contribution >= 4 is 17.8 Å². The summed E-state index contributed by atoms with van der Waals surface area (Å²) in [5, 5.41) is 20.1. The van der Waals surface area contributed by atoms with Gasteiger partial charge < -0.3 is 15.5 Å². The number of hydrogen-bond acceptors (Lipinski definition) is 3. The van der Waals surface area contributed by atoms with Crippen LogP contribution in [0.4, 0.5) is 0 Å². The van der Waals surface area contributed by atoms with E-state index in [0.717, 1.165) is 19.3 Å². The molecule has 0 fully saturated rings. The zero-order valence-corrected chi connectivity index (χ0v) is 19.6. The largest absolute Gasteiger partial charge is 0.481 e. The van der Waals surface area contributed by atoms with Crippen LogP contribution in [-0.2, 0) is 14.4 Å². The van der Waals surface area contributed by atoms with Crippen LogP contribution in [-0.4, -0.2) is 34.1 Å². The molecule has 0 unspecified atom stereocenters. The van der Waals surface area contributed by atoms with Gasteiger partial charge in [-0.1, -0.05) is 83.3 Å². The van der Waals surface area contributed by atoms with Crippen molar-refractivity contribution in [3.05, 3.63) is 12.2 Å². The number of rotatable bonds is 22. The van der Waals surface area contributed by atoms with E-state index in [1.165, 1.54) is 77.0 Å². The van der Waals surface area contributed by atoms with Gasteiger partial charge in [-0.3, -0.25) is 9.59 Å². The highest BCUT2D eigenvalue weighted by Crippen LogP contribution is 2.11. The number of carbonyl (C=O) groups is 3. The van der Waals surface area contributed by atoms with E-state index in [-0.39, 0.29) is 18.7 Å². The third-order valence-corrected chi connectivity index (χ3v) is 5.45. The van der Waals surface area contributed by atoms with Crippen LogP contribution in [0.25, 0.3) is 0 Å². The van der Waals surface area contributed by atoms with Crippen molar-refractivity contribution in [2.45, 2.75) is 129 Å². The van der Waals surface area contributed by atoms with Gasteiger partial charge >= 0.3 is 11.9 Å². The molecule has 0 bridgehead atoms. The molecule has 0 saturated carbocycles. The average Bonchev–Trinajstić information content (AvgIpc) is 2.73. The van der Waals surface area contributed by atoms with Crippen LogP contribution in [0.5, 0.6) is 0 Å². The summed E-state index contributed by atoms with van der Waals surface area (Å²) in [6.07, 6.45) is 22.7. The summed E-state index contributed by atoms with van der Waals surface area (Å²) in [6.45, 7) is 2.25. The molecule has 6 heteroatoms. The molecule has 0 aliphatic rings. The van der Waals surface area contributed by atoms with Crippen LogP contribution in [0.2, 0.25) is 0 Å². The van der Waals surface area contributed by atoms with Crippen LogP contribution in [0.1, 0.15) is 122 Å². The molecular formula is C25H45NO5. The normalized spacial score (nSPS) is 12.2. The SMILES string of the molecule is CCCCCCCC/C=C\CCCCCCCCCC(=O)N[C@@H](CCC(=O)O)C(=O)O. The topological polar surface area (TPSA) is 104 Å². The molecule has 1 amide bonds. The Bertz CT molecular complexity index is 504. The molecule has 1 atom stereocenters. The maximum atomic E-state index is 11.8. The minimum absolute atomic E-state index is 0.0926. The Labute approximate surface area is 188 Å². The van der Waals surface area contributed by atoms with Crippen molar-refractivity contribution in [2.75, 3.05) is 0 Å². The maximum absolute atomic E-state index is 11.8. The molecular weight excluding hydrogens is 394 g/mol. The smallest absolute Gasteiger partial charge is 0.326 e. The van der Waals surface area contributed by atoms with Crippen LogP contribution in [0, 0.1) is 0 Å². The van der Waals surface area contributed by atoms with E-state index >= 15 is 0 Å². The second kappa shape index (κ2) is 21.4. The number of allylic oxidation sites excluding steroid dienone is 2. The van der Waals surface area contributed by atoms with Crippen molar-refractivity contribution in [1.29, 1.82) is 0 Å². The van der Waals surface area contributed by atoms with Crippen LogP contribution in [0.3, 0.4) is 0 Å². The molecule has 0 aliphatic heterocycles. The summed E-state index contributed by atoms with van der Waals surface area (Å²) in [6, 6.07) is -1.12. The van der Waals surface area contributed by atoms with Gasteiger partial charge in [-0.25, -0.2) is 4.79 Å². The molecule has 6 nitrogen and oxygen atoms in total. The summed E-state index contributed by atoms with van der Waals surface area (Å²) in [5.41, 5.74) is 0. The lowest BCUT2D eigenvalue weighted by molar-refractivity contribution is -0.143. The Morgan fingerprint density at radius 2 is 1.19 bits per heavy atom. The van der Waals surface area contributed by atoms with E-state index in [0.29, 0.717) is 6.42 Å². The van der Waals surface area contributed by atoms with Gasteiger partial charge in [0.05, 0.1) is 0 Å². The van der Waals surface area contributed by atoms with Gasteiger partial charge in [0.25, 0.3) is 0 Å². The number of unbranched alkanes of at least 4 members (excludes halogenated alkanes) is 13. The zero-order valence-electron chi connectivity index (χ0n) is 19.6. The quantitative estimate of drug-likeness (QED) is 0.137. The van der Waals surface area contributed by atoms with E-state index in [2.05, 4.69) is 24.4 Å². The Kier molecular flexibility index (Phi) is 20.1. The molecule has 0 spiro atoms. The van der Waals surface area contributed by atoms with Gasteiger partial charge in [0.2, 0.25) is 5.91 Å². The monoisotopic (exact) mass is 439 g/mol. The fourth-order valence-corrected chi connectivity index (χ4v) is 3.50. The number of carbonyl (C=O) groups excluding carboxylic acids is 1. The highest BCUT2D eigenvalue weighted by atomic mass is 16.4. The van der Waals surface area contributed by atoms with Crippen LogP contribution < -0.4 is 5.32 Å². The Morgan fingerprint density at radius 1 is 0.710 bits per heavy atom. The fraction of sp³-hybridized carbons (Fsp3) is 0.800. The van der Waals surface area contributed by atoms with Crippen molar-refractivity contribution in [1.82, 2.24) is 5.32 Å². The molecule has 0 saturated heterocycles. The van der Waals surface area contributed by atoms with Crippen molar-refractivity contribution in [3.63, 3.8) is 0 Å². The first-order valence-corrected chi connectivity index (χ1v) is 12.4. The Balaban J connectivity index is 3.48. The van der Waals surface area contributed by atoms with Gasteiger partial charge in [0, 0.05) is 12.8 Å². The van der Waals surface area contributed by atoms with Gasteiger partial charge in [-0.15, -0.1) is 0 Å². The summed E-state index contributed by atoms with van der Waals surface area (Å²) in [7, 11) is 0. The van der Waals surface area contributed by atoms with E-state index in [4.69, 9.17) is 10.2 Å². The van der Waals surface area contributed by atoms with Crippen molar-refractivity contribution in [2.24, 2.45) is 0 Å². The van der Waals surface area contributed by atoms with Gasteiger partial charge in [0.1, 0.15) is 6.04 Å². The van der Waals surface area contributed by atoms with Gasteiger partial charge in [-0.05, 0) is 38.5 Å². The van der Waals surface area contributed by atoms with Gasteiger partial charge in [0.15, 0.2) is 0 Å². The lowest BCUT2D eigenvalue weighted by Crippen LogP contribution is -2.41. The number of carboxylic acid groups (broad SMARTS) is 2. The molecule has 31 heavy (non-hydrogen) atoms. The predicted molar refractivity (Wildman–Crippen MR) is 125 cm³/mol. The second-order valence-electron chi connectivity index (χ2n) is 8.43. The Hall–Kier alpha value is -1.85. The minimum atomic E-state index is -1.19. The molecule has 0 radical (unpaired) electrons. The summed E-state index contributed by atoms with van der Waals surface area (Å²) >= 11 is 0. The van der Waals surface area contributed by atoms with Crippen LogP contribution in [0.15, 0.2) is 12.2 Å². The first-order chi connectivity index (χ1) is 15.0. The first kappa shape index (κ1) is 29.1. The lowest BCUT2D eigenvalue weighted by atomic mass is 10.1. The molecule has 3 N–H and O–H groups in total. The fourth-order valence-electron chi connectivity index (χ4n) is 3.50. The van der Waals surface area contributed by atoms with E-state index in [9.17, 15) is 14.4 Å². The molecule has 180 valence electrons. The van der Waals surface area contributed by atoms with Gasteiger partial charge in [-0.2, -0.15) is 0 Å². The number of aliphatic carboxylic acids is 2. The molecule has 0 rings (SSSR count). The summed E-state index contributed by atoms with van der Waals surface area (Å²) in [4.78, 5) is 33.5. The number of hydrogen-bond donors (Lipinski definition) is 3. The number of nitrogens with one attached hydrogen (secondary N) is 1. The second-order valence-corrected chi connectivity index (χ2v) is 8.43. The Morgan fingerprint density at radius 3 is 1.68 bits per heavy atom. The molecule has 0 aliphatic carbocycles. The lowest BCUT2D eigenvalue weighted by Gasteiger charge is -2.13. The predicted octanol–water partition coefficient (Wildman–Crippen LogP) is 6.24. The van der Waals surface area contributed by atoms with E-state index < -0.39 is 18.0 Å². The van der Waals surface area contributed by atoms with Crippen molar-refractivity contribution in [3.8, 4) is 0 Å². The molecule has 0 aromatic carbocycles. The van der Waals surface area contributed by atoms with E-state index in [1.54, 1.807) is 0 Å². The maximum Gasteiger partial charge on any atom is 0.326 e. The van der Waals surface area contributed by atoms with E-state index in [1.807, 2.05) is 0 Å². The average molecular weight is 440 g/mol. The molecule has 0 aromatic rings. The first-order valence-electron chi connectivity index (χ1n) is 12.4. The number of carboxylic acids is 2. The molecule has 0 heterocycles. The van der Waals surface area contributed by atoms with Crippen LogP contribution >= 0.6 is 0 Å². The molecule has 0 aromatic heterocycles. The third kappa shape index (κ3) is 21.2. The standard InChI is InChI=1S/C25H45NO5/c1-2-3-4-5-6-7-8-9-10-11-12-13-14-15-16-17-18-19-23(27)26-22(25(30)31)20-21-24(28)29/h9-10,22H,2-8,11-21H2,1H3,(H,26,27)(H,28,29)(H,30,31)/b10-9-/t22-/m0/s1. The zero-order chi connectivity index (χ0) is 23.2. The third-order valence-electron chi connectivity index (χ3n) is 5.45. The highest BCUT2D eigenvalue weighted by Gasteiger charge is 2.20. The summed E-state index contributed by atoms with van der Waals surface area (Å²) in [5.74, 6) is -2.57. The van der Waals surface area contributed by atoms with Crippen molar-refractivity contribution < 1.29 is 24.6 Å².